The summed E-state index contributed by atoms with van der Waals surface area (Å²) in [6.45, 7) is 3.46. The van der Waals surface area contributed by atoms with Gasteiger partial charge in [0, 0.05) is 6.04 Å². The van der Waals surface area contributed by atoms with Crippen molar-refractivity contribution in [2.75, 3.05) is 6.61 Å². The van der Waals surface area contributed by atoms with Crippen molar-refractivity contribution in [1.29, 1.82) is 0 Å². The molecule has 0 saturated heterocycles. The van der Waals surface area contributed by atoms with Gasteiger partial charge in [0.25, 0.3) is 5.91 Å². The third-order valence-electron chi connectivity index (χ3n) is 3.55. The fraction of sp³-hybridized carbons (Fsp3) is 0.300. The molecule has 2 aromatic carbocycles. The highest BCUT2D eigenvalue weighted by atomic mass is 16.5. The summed E-state index contributed by atoms with van der Waals surface area (Å²) >= 11 is 0. The van der Waals surface area contributed by atoms with Crippen molar-refractivity contribution in [3.05, 3.63) is 71.3 Å². The van der Waals surface area contributed by atoms with Gasteiger partial charge in [0.05, 0.1) is 5.56 Å². The summed E-state index contributed by atoms with van der Waals surface area (Å²) < 4.78 is 5.13. The smallest absolute Gasteiger partial charge is 0.338 e. The summed E-state index contributed by atoms with van der Waals surface area (Å²) in [5.41, 5.74) is 2.67. The highest BCUT2D eigenvalue weighted by Gasteiger charge is 2.14. The Morgan fingerprint density at radius 2 is 1.62 bits per heavy atom. The molecule has 0 bridgehead atoms. The lowest BCUT2D eigenvalue weighted by Gasteiger charge is -2.11. The Labute approximate surface area is 142 Å². The number of nitrogens with one attached hydrogen (secondary N) is 1. The second-order valence-corrected chi connectivity index (χ2v) is 5.94. The van der Waals surface area contributed by atoms with Crippen molar-refractivity contribution in [2.24, 2.45) is 0 Å². The van der Waals surface area contributed by atoms with E-state index in [1.54, 1.807) is 12.1 Å². The van der Waals surface area contributed by atoms with Crippen molar-refractivity contribution in [1.82, 2.24) is 5.32 Å². The molecule has 1 N–H and O–H groups in total. The highest BCUT2D eigenvalue weighted by Crippen LogP contribution is 2.14. The van der Waals surface area contributed by atoms with Gasteiger partial charge in [-0.2, -0.15) is 0 Å². The van der Waals surface area contributed by atoms with Gasteiger partial charge in [-0.05, 0) is 43.9 Å². The Morgan fingerprint density at radius 3 is 2.33 bits per heavy atom. The number of carbonyl (C=O) groups excluding carboxylic acids is 2. The summed E-state index contributed by atoms with van der Waals surface area (Å²) in [6, 6.07) is 17.5. The van der Waals surface area contributed by atoms with Gasteiger partial charge in [-0.1, -0.05) is 48.5 Å². The van der Waals surface area contributed by atoms with Crippen LogP contribution in [0.4, 0.5) is 0 Å². The topological polar surface area (TPSA) is 55.4 Å². The average Bonchev–Trinajstić information content (AvgIpc) is 2.58. The van der Waals surface area contributed by atoms with E-state index < -0.39 is 5.97 Å². The molecule has 0 saturated carbocycles. The molecule has 0 aliphatic carbocycles. The highest BCUT2D eigenvalue weighted by molar-refractivity contribution is 5.92. The maximum absolute atomic E-state index is 12.3. The normalized spacial score (nSPS) is 10.5. The molecular weight excluding hydrogens is 302 g/mol. The lowest BCUT2D eigenvalue weighted by atomic mass is 10.00. The first-order valence-corrected chi connectivity index (χ1v) is 8.14. The maximum atomic E-state index is 12.3. The molecule has 1 amide bonds. The van der Waals surface area contributed by atoms with Gasteiger partial charge < -0.3 is 10.1 Å². The van der Waals surface area contributed by atoms with Crippen LogP contribution in [0.5, 0.6) is 0 Å². The van der Waals surface area contributed by atoms with E-state index in [9.17, 15) is 9.59 Å². The van der Waals surface area contributed by atoms with Gasteiger partial charge >= 0.3 is 5.97 Å². The fourth-order valence-corrected chi connectivity index (χ4v) is 2.43. The molecular formula is C20H23NO3. The molecule has 0 spiro atoms. The van der Waals surface area contributed by atoms with Gasteiger partial charge in [0.2, 0.25) is 0 Å². The van der Waals surface area contributed by atoms with Gasteiger partial charge in [-0.25, -0.2) is 4.79 Å². The first kappa shape index (κ1) is 17.7. The molecule has 0 atom stereocenters. The zero-order valence-electron chi connectivity index (χ0n) is 14.1. The van der Waals surface area contributed by atoms with Gasteiger partial charge in [0.15, 0.2) is 6.61 Å². The number of hydrogen-bond acceptors (Lipinski definition) is 3. The fourth-order valence-electron chi connectivity index (χ4n) is 2.43. The summed E-state index contributed by atoms with van der Waals surface area (Å²) in [7, 11) is 0. The van der Waals surface area contributed by atoms with Crippen LogP contribution in [0.15, 0.2) is 54.6 Å². The van der Waals surface area contributed by atoms with Crippen LogP contribution in [0, 0.1) is 0 Å². The molecule has 0 radical (unpaired) electrons. The minimum atomic E-state index is -0.461. The third-order valence-corrected chi connectivity index (χ3v) is 3.55. The summed E-state index contributed by atoms with van der Waals surface area (Å²) in [5.74, 6) is -0.752. The summed E-state index contributed by atoms with van der Waals surface area (Å²) in [4.78, 5) is 23.9. The molecule has 0 unspecified atom stereocenters. The Kier molecular flexibility index (Phi) is 6.55. The predicted molar refractivity (Wildman–Crippen MR) is 93.9 cm³/mol. The monoisotopic (exact) mass is 325 g/mol. The molecule has 0 aliphatic rings. The average molecular weight is 325 g/mol. The van der Waals surface area contributed by atoms with Crippen LogP contribution >= 0.6 is 0 Å². The zero-order valence-corrected chi connectivity index (χ0v) is 14.1. The van der Waals surface area contributed by atoms with Gasteiger partial charge in [-0.3, -0.25) is 4.79 Å². The Morgan fingerprint density at radius 1 is 0.958 bits per heavy atom. The van der Waals surface area contributed by atoms with Crippen LogP contribution in [0.3, 0.4) is 0 Å². The molecule has 0 aromatic heterocycles. The van der Waals surface area contributed by atoms with E-state index in [1.807, 2.05) is 44.2 Å². The quantitative estimate of drug-likeness (QED) is 0.796. The minimum Gasteiger partial charge on any atom is -0.452 e. The van der Waals surface area contributed by atoms with Crippen LogP contribution in [0.1, 0.15) is 35.3 Å². The summed E-state index contributed by atoms with van der Waals surface area (Å²) in [5, 5.41) is 2.69. The predicted octanol–water partition coefficient (Wildman–Crippen LogP) is 3.15. The number of amides is 1. The van der Waals surface area contributed by atoms with Crippen LogP contribution < -0.4 is 5.32 Å². The lowest BCUT2D eigenvalue weighted by molar-refractivity contribution is -0.124. The second-order valence-electron chi connectivity index (χ2n) is 5.94. The van der Waals surface area contributed by atoms with Crippen molar-refractivity contribution in [3.8, 4) is 0 Å². The SMILES string of the molecule is CC(C)NC(=O)COC(=O)c1ccccc1CCc1ccccc1. The summed E-state index contributed by atoms with van der Waals surface area (Å²) in [6.07, 6.45) is 1.59. The van der Waals surface area contributed by atoms with E-state index in [0.717, 1.165) is 18.4 Å². The Bertz CT molecular complexity index is 680. The molecule has 24 heavy (non-hydrogen) atoms. The molecule has 0 heterocycles. The minimum absolute atomic E-state index is 0.0226. The van der Waals surface area contributed by atoms with Gasteiger partial charge in [-0.15, -0.1) is 0 Å². The van der Waals surface area contributed by atoms with E-state index in [1.165, 1.54) is 5.56 Å². The maximum Gasteiger partial charge on any atom is 0.338 e. The van der Waals surface area contributed by atoms with Gasteiger partial charge in [0.1, 0.15) is 0 Å². The second kappa shape index (κ2) is 8.87. The lowest BCUT2D eigenvalue weighted by Crippen LogP contribution is -2.34. The number of esters is 1. The van der Waals surface area contributed by atoms with E-state index in [-0.39, 0.29) is 18.6 Å². The van der Waals surface area contributed by atoms with E-state index in [4.69, 9.17) is 4.74 Å². The van der Waals surface area contributed by atoms with Crippen LogP contribution in [-0.2, 0) is 22.4 Å². The number of ether oxygens (including phenoxy) is 1. The first-order chi connectivity index (χ1) is 11.6. The Hall–Kier alpha value is -2.62. The number of carbonyl (C=O) groups is 2. The largest absolute Gasteiger partial charge is 0.452 e. The molecule has 0 fully saturated rings. The number of hydrogen-bond donors (Lipinski definition) is 1. The van der Waals surface area contributed by atoms with E-state index in [2.05, 4.69) is 17.4 Å². The third kappa shape index (κ3) is 5.54. The number of rotatable bonds is 7. The number of benzene rings is 2. The van der Waals surface area contributed by atoms with Crippen LogP contribution in [0.25, 0.3) is 0 Å². The molecule has 126 valence electrons. The standard InChI is InChI=1S/C20H23NO3/c1-15(2)21-19(22)14-24-20(23)18-11-7-6-10-17(18)13-12-16-8-4-3-5-9-16/h3-11,15H,12-14H2,1-2H3,(H,21,22). The molecule has 4 nitrogen and oxygen atoms in total. The van der Waals surface area contributed by atoms with E-state index in [0.29, 0.717) is 5.56 Å². The zero-order chi connectivity index (χ0) is 17.4. The van der Waals surface area contributed by atoms with Crippen molar-refractivity contribution >= 4 is 11.9 Å². The van der Waals surface area contributed by atoms with Crippen LogP contribution in [-0.4, -0.2) is 24.5 Å². The van der Waals surface area contributed by atoms with Crippen molar-refractivity contribution in [3.63, 3.8) is 0 Å². The van der Waals surface area contributed by atoms with E-state index >= 15 is 0 Å². The molecule has 4 heteroatoms. The number of aryl methyl sites for hydroxylation is 2. The van der Waals surface area contributed by atoms with Crippen molar-refractivity contribution < 1.29 is 14.3 Å². The molecule has 2 rings (SSSR count). The molecule has 2 aromatic rings. The van der Waals surface area contributed by atoms with Crippen molar-refractivity contribution in [2.45, 2.75) is 32.7 Å². The Balaban J connectivity index is 1.97. The van der Waals surface area contributed by atoms with Crippen LogP contribution in [0.2, 0.25) is 0 Å². The molecule has 0 aliphatic heterocycles. The first-order valence-electron chi connectivity index (χ1n) is 8.14.